The van der Waals surface area contributed by atoms with Crippen LogP contribution in [-0.2, 0) is 11.2 Å². The molecule has 1 atom stereocenters. The Balaban J connectivity index is 2.72. The molecule has 4 nitrogen and oxygen atoms in total. The van der Waals surface area contributed by atoms with Gasteiger partial charge in [-0.25, -0.2) is 9.18 Å². The van der Waals surface area contributed by atoms with Crippen molar-refractivity contribution in [3.05, 3.63) is 29.6 Å². The molecule has 0 spiro atoms. The lowest BCUT2D eigenvalue weighted by molar-refractivity contribution is 0.0636. The van der Waals surface area contributed by atoms with Crippen molar-refractivity contribution in [2.45, 2.75) is 52.2 Å². The Labute approximate surface area is 119 Å². The summed E-state index contributed by atoms with van der Waals surface area (Å²) in [7, 11) is 0. The molecule has 1 aromatic rings. The number of anilines is 1. The van der Waals surface area contributed by atoms with E-state index in [-0.39, 0.29) is 5.82 Å². The first kappa shape index (κ1) is 16.4. The number of nitrogens with one attached hydrogen (secondary N) is 1. The second kappa shape index (κ2) is 6.70. The van der Waals surface area contributed by atoms with E-state index in [2.05, 4.69) is 5.32 Å². The molecule has 0 aliphatic carbocycles. The van der Waals surface area contributed by atoms with Gasteiger partial charge in [0.2, 0.25) is 0 Å². The Kier molecular flexibility index (Phi) is 5.51. The van der Waals surface area contributed by atoms with Gasteiger partial charge in [0, 0.05) is 5.69 Å². The van der Waals surface area contributed by atoms with Crippen molar-refractivity contribution >= 4 is 11.8 Å². The highest BCUT2D eigenvalue weighted by molar-refractivity contribution is 5.84. The highest BCUT2D eigenvalue weighted by atomic mass is 19.1. The molecule has 0 saturated carbocycles. The number of aryl methyl sites for hydroxylation is 1. The predicted molar refractivity (Wildman–Crippen MR) is 76.3 cm³/mol. The summed E-state index contributed by atoms with van der Waals surface area (Å²) in [5, 5.41) is 11.8. The fourth-order valence-corrected chi connectivity index (χ4v) is 1.63. The summed E-state index contributed by atoms with van der Waals surface area (Å²) in [6.07, 6.45) is -0.192. The van der Waals surface area contributed by atoms with Crippen LogP contribution in [0.25, 0.3) is 0 Å². The number of hydrogen-bond donors (Lipinski definition) is 2. The number of hydrogen-bond acceptors (Lipinski definition) is 3. The minimum absolute atomic E-state index is 0.347. The molecule has 112 valence electrons. The molecule has 0 aliphatic heterocycles. The molecule has 1 aromatic carbocycles. The number of aliphatic hydroxyl groups is 1. The molecule has 2 N–H and O–H groups in total. The standard InChI is InChI=1S/C15H22FNO3/c1-10(18)5-6-11-9-12(7-8-13(11)16)17-14(19)20-15(2,3)4/h7-10,18H,5-6H2,1-4H3,(H,17,19)/t10-/m0/s1. The number of amides is 1. The summed E-state index contributed by atoms with van der Waals surface area (Å²) in [6, 6.07) is 4.33. The summed E-state index contributed by atoms with van der Waals surface area (Å²) in [4.78, 5) is 11.6. The van der Waals surface area contributed by atoms with Gasteiger partial charge in [0.1, 0.15) is 11.4 Å². The first-order valence-electron chi connectivity index (χ1n) is 6.64. The maximum absolute atomic E-state index is 13.6. The van der Waals surface area contributed by atoms with Crippen molar-refractivity contribution in [3.8, 4) is 0 Å². The van der Waals surface area contributed by atoms with E-state index in [0.717, 1.165) is 0 Å². The van der Waals surface area contributed by atoms with Gasteiger partial charge in [-0.15, -0.1) is 0 Å². The van der Waals surface area contributed by atoms with Crippen LogP contribution in [-0.4, -0.2) is 22.9 Å². The van der Waals surface area contributed by atoms with Crippen LogP contribution in [0.4, 0.5) is 14.9 Å². The molecule has 0 aliphatic rings. The number of rotatable bonds is 4. The van der Waals surface area contributed by atoms with Gasteiger partial charge in [-0.2, -0.15) is 0 Å². The van der Waals surface area contributed by atoms with Gasteiger partial charge in [-0.05, 0) is 64.3 Å². The van der Waals surface area contributed by atoms with Gasteiger partial charge in [0.15, 0.2) is 0 Å². The molecule has 0 aromatic heterocycles. The minimum Gasteiger partial charge on any atom is -0.444 e. The number of ether oxygens (including phenoxy) is 1. The lowest BCUT2D eigenvalue weighted by Crippen LogP contribution is -2.27. The Morgan fingerprint density at radius 3 is 2.65 bits per heavy atom. The first-order valence-corrected chi connectivity index (χ1v) is 6.64. The van der Waals surface area contributed by atoms with Crippen LogP contribution in [0, 0.1) is 5.82 Å². The van der Waals surface area contributed by atoms with Crippen molar-refractivity contribution in [1.82, 2.24) is 0 Å². The average Bonchev–Trinajstić information content (AvgIpc) is 2.27. The van der Waals surface area contributed by atoms with Gasteiger partial charge >= 0.3 is 6.09 Å². The van der Waals surface area contributed by atoms with E-state index in [1.165, 1.54) is 12.1 Å². The second-order valence-electron chi connectivity index (χ2n) is 5.82. The molecule has 0 unspecified atom stereocenters. The predicted octanol–water partition coefficient (Wildman–Crippen LogP) is 3.49. The van der Waals surface area contributed by atoms with Gasteiger partial charge in [0.25, 0.3) is 0 Å². The smallest absolute Gasteiger partial charge is 0.412 e. The fraction of sp³-hybridized carbons (Fsp3) is 0.533. The van der Waals surface area contributed by atoms with E-state index in [0.29, 0.717) is 24.1 Å². The first-order chi connectivity index (χ1) is 9.17. The van der Waals surface area contributed by atoms with Crippen LogP contribution in [0.3, 0.4) is 0 Å². The molecule has 0 saturated heterocycles. The molecular weight excluding hydrogens is 261 g/mol. The molecular formula is C15H22FNO3. The van der Waals surface area contributed by atoms with Crippen LogP contribution in [0.1, 0.15) is 39.7 Å². The normalized spacial score (nSPS) is 12.9. The van der Waals surface area contributed by atoms with Gasteiger partial charge in [0.05, 0.1) is 6.10 Å². The van der Waals surface area contributed by atoms with E-state index in [9.17, 15) is 14.3 Å². The molecule has 1 amide bonds. The lowest BCUT2D eigenvalue weighted by atomic mass is 10.1. The van der Waals surface area contributed by atoms with Crippen LogP contribution < -0.4 is 5.32 Å². The highest BCUT2D eigenvalue weighted by Crippen LogP contribution is 2.18. The number of halogens is 1. The van der Waals surface area contributed by atoms with E-state index < -0.39 is 17.8 Å². The number of carbonyl (C=O) groups excluding carboxylic acids is 1. The van der Waals surface area contributed by atoms with E-state index >= 15 is 0 Å². The summed E-state index contributed by atoms with van der Waals surface area (Å²) in [6.45, 7) is 6.96. The van der Waals surface area contributed by atoms with Crippen molar-refractivity contribution in [3.63, 3.8) is 0 Å². The number of carbonyl (C=O) groups is 1. The lowest BCUT2D eigenvalue weighted by Gasteiger charge is -2.19. The second-order valence-corrected chi connectivity index (χ2v) is 5.82. The summed E-state index contributed by atoms with van der Waals surface area (Å²) < 4.78 is 18.7. The highest BCUT2D eigenvalue weighted by Gasteiger charge is 2.16. The molecule has 1 rings (SSSR count). The molecule has 0 radical (unpaired) electrons. The Morgan fingerprint density at radius 1 is 1.45 bits per heavy atom. The zero-order chi connectivity index (χ0) is 15.3. The molecule has 0 bridgehead atoms. The van der Waals surface area contributed by atoms with E-state index in [1.54, 1.807) is 33.8 Å². The molecule has 5 heteroatoms. The summed E-state index contributed by atoms with van der Waals surface area (Å²) >= 11 is 0. The topological polar surface area (TPSA) is 58.6 Å². The van der Waals surface area contributed by atoms with E-state index in [1.807, 2.05) is 0 Å². The molecule has 20 heavy (non-hydrogen) atoms. The minimum atomic E-state index is -0.584. The molecule has 0 fully saturated rings. The third kappa shape index (κ3) is 6.02. The van der Waals surface area contributed by atoms with Crippen LogP contribution in [0.15, 0.2) is 18.2 Å². The number of aliphatic hydroxyl groups excluding tert-OH is 1. The SMILES string of the molecule is C[C@H](O)CCc1cc(NC(=O)OC(C)(C)C)ccc1F. The maximum Gasteiger partial charge on any atom is 0.412 e. The largest absolute Gasteiger partial charge is 0.444 e. The molecule has 0 heterocycles. The number of benzene rings is 1. The third-order valence-electron chi connectivity index (χ3n) is 2.52. The third-order valence-corrected chi connectivity index (χ3v) is 2.52. The zero-order valence-electron chi connectivity index (χ0n) is 12.4. The monoisotopic (exact) mass is 283 g/mol. The summed E-state index contributed by atoms with van der Waals surface area (Å²) in [5.41, 5.74) is 0.347. The van der Waals surface area contributed by atoms with Crippen molar-refractivity contribution in [2.75, 3.05) is 5.32 Å². The van der Waals surface area contributed by atoms with Gasteiger partial charge < -0.3 is 9.84 Å². The quantitative estimate of drug-likeness (QED) is 0.889. The Bertz CT molecular complexity index is 467. The Hall–Kier alpha value is -1.62. The fourth-order valence-electron chi connectivity index (χ4n) is 1.63. The van der Waals surface area contributed by atoms with Crippen LogP contribution in [0.2, 0.25) is 0 Å². The van der Waals surface area contributed by atoms with Gasteiger partial charge in [-0.1, -0.05) is 0 Å². The summed E-state index contributed by atoms with van der Waals surface area (Å²) in [5.74, 6) is -0.347. The van der Waals surface area contributed by atoms with Crippen molar-refractivity contribution < 1.29 is 19.0 Å². The van der Waals surface area contributed by atoms with Crippen LogP contribution >= 0.6 is 0 Å². The Morgan fingerprint density at radius 2 is 2.10 bits per heavy atom. The maximum atomic E-state index is 13.6. The van der Waals surface area contributed by atoms with Crippen molar-refractivity contribution in [1.29, 1.82) is 0 Å². The average molecular weight is 283 g/mol. The van der Waals surface area contributed by atoms with Crippen molar-refractivity contribution in [2.24, 2.45) is 0 Å². The van der Waals surface area contributed by atoms with E-state index in [4.69, 9.17) is 4.74 Å². The van der Waals surface area contributed by atoms with Gasteiger partial charge in [-0.3, -0.25) is 5.32 Å². The van der Waals surface area contributed by atoms with Crippen LogP contribution in [0.5, 0.6) is 0 Å². The zero-order valence-corrected chi connectivity index (χ0v) is 12.4.